The monoisotopic (exact) mass is 268 g/mol. The normalized spacial score (nSPS) is 12.8. The Morgan fingerprint density at radius 1 is 0.947 bits per heavy atom. The van der Waals surface area contributed by atoms with E-state index >= 15 is 0 Å². The second-order valence-electron chi connectivity index (χ2n) is 4.90. The summed E-state index contributed by atoms with van der Waals surface area (Å²) in [5.74, 6) is 0. The van der Waals surface area contributed by atoms with E-state index in [9.17, 15) is 5.11 Å². The first-order valence-corrected chi connectivity index (χ1v) is 7.27. The third-order valence-corrected chi connectivity index (χ3v) is 4.60. The fourth-order valence-corrected chi connectivity index (χ4v) is 3.60. The maximum absolute atomic E-state index is 10.7. The van der Waals surface area contributed by atoms with E-state index in [0.29, 0.717) is 0 Å². The van der Waals surface area contributed by atoms with Gasteiger partial charge in [-0.15, -0.1) is 11.3 Å². The van der Waals surface area contributed by atoms with E-state index in [1.165, 1.54) is 4.70 Å². The summed E-state index contributed by atoms with van der Waals surface area (Å²) < 4.78 is 1.22. The Kier molecular flexibility index (Phi) is 3.13. The molecule has 3 rings (SSSR count). The van der Waals surface area contributed by atoms with Crippen molar-refractivity contribution in [2.75, 3.05) is 0 Å². The minimum absolute atomic E-state index is 0.544. The highest BCUT2D eigenvalue weighted by atomic mass is 32.1. The van der Waals surface area contributed by atoms with Gasteiger partial charge in [-0.1, -0.05) is 36.4 Å². The molecule has 0 aliphatic heterocycles. The lowest BCUT2D eigenvalue weighted by molar-refractivity contribution is 0.221. The Labute approximate surface area is 117 Å². The largest absolute Gasteiger partial charge is 0.384 e. The molecule has 0 saturated heterocycles. The van der Waals surface area contributed by atoms with Crippen LogP contribution in [-0.4, -0.2) is 5.11 Å². The zero-order valence-electron chi connectivity index (χ0n) is 11.1. The van der Waals surface area contributed by atoms with E-state index < -0.39 is 6.10 Å². The number of aryl methyl sites for hydroxylation is 2. The highest BCUT2D eigenvalue weighted by molar-refractivity contribution is 7.17. The van der Waals surface area contributed by atoms with Crippen molar-refractivity contribution in [3.8, 4) is 0 Å². The van der Waals surface area contributed by atoms with E-state index in [1.807, 2.05) is 18.2 Å². The molecule has 1 aromatic heterocycles. The van der Waals surface area contributed by atoms with Crippen LogP contribution in [0.2, 0.25) is 0 Å². The molecule has 1 heterocycles. The van der Waals surface area contributed by atoms with Gasteiger partial charge >= 0.3 is 0 Å². The van der Waals surface area contributed by atoms with Crippen molar-refractivity contribution in [3.05, 3.63) is 70.1 Å². The van der Waals surface area contributed by atoms with Crippen LogP contribution in [0.4, 0.5) is 0 Å². The van der Waals surface area contributed by atoms with Gasteiger partial charge in [-0.25, -0.2) is 0 Å². The highest BCUT2D eigenvalue weighted by Crippen LogP contribution is 2.35. The van der Waals surface area contributed by atoms with Gasteiger partial charge in [-0.05, 0) is 47.4 Å². The smallest absolute Gasteiger partial charge is 0.106 e. The topological polar surface area (TPSA) is 20.2 Å². The number of aliphatic hydroxyl groups is 1. The van der Waals surface area contributed by atoms with Crippen molar-refractivity contribution < 1.29 is 5.11 Å². The molecule has 0 bridgehead atoms. The Morgan fingerprint density at radius 3 is 2.37 bits per heavy atom. The van der Waals surface area contributed by atoms with E-state index in [-0.39, 0.29) is 0 Å². The van der Waals surface area contributed by atoms with E-state index in [0.717, 1.165) is 27.6 Å². The molecule has 0 fully saturated rings. The SMILES string of the molecule is Cc1cccc(C)c1C(O)c1csc2ccccc12. The molecule has 2 heteroatoms. The Bertz CT molecular complexity index is 707. The molecule has 0 spiro atoms. The molecule has 1 unspecified atom stereocenters. The van der Waals surface area contributed by atoms with Crippen LogP contribution < -0.4 is 0 Å². The first-order valence-electron chi connectivity index (χ1n) is 6.39. The molecule has 1 atom stereocenters. The molecular weight excluding hydrogens is 252 g/mol. The first-order chi connectivity index (χ1) is 9.18. The number of benzene rings is 2. The lowest BCUT2D eigenvalue weighted by atomic mass is 9.93. The highest BCUT2D eigenvalue weighted by Gasteiger charge is 2.18. The Morgan fingerprint density at radius 2 is 1.63 bits per heavy atom. The minimum atomic E-state index is -0.544. The van der Waals surface area contributed by atoms with Crippen LogP contribution in [0.3, 0.4) is 0 Å². The molecular formula is C17H16OS. The van der Waals surface area contributed by atoms with Gasteiger partial charge in [0, 0.05) is 10.3 Å². The summed E-state index contributed by atoms with van der Waals surface area (Å²) in [6.07, 6.45) is -0.544. The fourth-order valence-electron chi connectivity index (χ4n) is 2.62. The quantitative estimate of drug-likeness (QED) is 0.720. The molecule has 0 radical (unpaired) electrons. The summed E-state index contributed by atoms with van der Waals surface area (Å²) in [5, 5.41) is 14.0. The van der Waals surface area contributed by atoms with E-state index in [2.05, 4.69) is 43.5 Å². The van der Waals surface area contributed by atoms with Crippen LogP contribution in [0, 0.1) is 13.8 Å². The predicted molar refractivity (Wildman–Crippen MR) is 81.8 cm³/mol. The molecule has 1 N–H and O–H groups in total. The van der Waals surface area contributed by atoms with Gasteiger partial charge in [0.2, 0.25) is 0 Å². The van der Waals surface area contributed by atoms with Gasteiger partial charge < -0.3 is 5.11 Å². The predicted octanol–water partition coefficient (Wildman–Crippen LogP) is 4.60. The van der Waals surface area contributed by atoms with E-state index in [4.69, 9.17) is 0 Å². The summed E-state index contributed by atoms with van der Waals surface area (Å²) in [6.45, 7) is 4.11. The van der Waals surface area contributed by atoms with Crippen LogP contribution in [0.25, 0.3) is 10.1 Å². The zero-order chi connectivity index (χ0) is 13.4. The third-order valence-electron chi connectivity index (χ3n) is 3.62. The van der Waals surface area contributed by atoms with Crippen molar-refractivity contribution in [2.45, 2.75) is 20.0 Å². The van der Waals surface area contributed by atoms with Gasteiger partial charge in [-0.3, -0.25) is 0 Å². The molecule has 0 saturated carbocycles. The molecule has 0 aliphatic rings. The number of rotatable bonds is 2. The molecule has 19 heavy (non-hydrogen) atoms. The molecule has 3 aromatic rings. The maximum atomic E-state index is 10.7. The molecule has 1 nitrogen and oxygen atoms in total. The van der Waals surface area contributed by atoms with Crippen LogP contribution >= 0.6 is 11.3 Å². The summed E-state index contributed by atoms with van der Waals surface area (Å²) in [6, 6.07) is 14.4. The Hall–Kier alpha value is -1.64. The van der Waals surface area contributed by atoms with Crippen molar-refractivity contribution in [3.63, 3.8) is 0 Å². The molecule has 96 valence electrons. The second kappa shape index (κ2) is 4.80. The van der Waals surface area contributed by atoms with Gasteiger partial charge in [-0.2, -0.15) is 0 Å². The maximum Gasteiger partial charge on any atom is 0.106 e. The van der Waals surface area contributed by atoms with Crippen molar-refractivity contribution in [2.24, 2.45) is 0 Å². The lowest BCUT2D eigenvalue weighted by Crippen LogP contribution is -2.03. The molecule has 0 amide bonds. The van der Waals surface area contributed by atoms with Crippen molar-refractivity contribution in [1.29, 1.82) is 0 Å². The fraction of sp³-hybridized carbons (Fsp3) is 0.176. The first kappa shape index (κ1) is 12.4. The second-order valence-corrected chi connectivity index (χ2v) is 5.81. The van der Waals surface area contributed by atoms with Crippen LogP contribution in [0.15, 0.2) is 47.8 Å². The van der Waals surface area contributed by atoms with Crippen LogP contribution in [-0.2, 0) is 0 Å². The van der Waals surface area contributed by atoms with Crippen LogP contribution in [0.5, 0.6) is 0 Å². The molecule has 0 aliphatic carbocycles. The van der Waals surface area contributed by atoms with Crippen LogP contribution in [0.1, 0.15) is 28.4 Å². The number of hydrogen-bond donors (Lipinski definition) is 1. The average molecular weight is 268 g/mol. The summed E-state index contributed by atoms with van der Waals surface area (Å²) in [7, 11) is 0. The average Bonchev–Trinajstić information content (AvgIpc) is 2.82. The Balaban J connectivity index is 2.16. The summed E-state index contributed by atoms with van der Waals surface area (Å²) in [4.78, 5) is 0. The number of thiophene rings is 1. The lowest BCUT2D eigenvalue weighted by Gasteiger charge is -2.16. The van der Waals surface area contributed by atoms with Gasteiger partial charge in [0.15, 0.2) is 0 Å². The summed E-state index contributed by atoms with van der Waals surface area (Å²) in [5.41, 5.74) is 4.33. The number of aliphatic hydroxyl groups excluding tert-OH is 1. The minimum Gasteiger partial charge on any atom is -0.384 e. The van der Waals surface area contributed by atoms with Gasteiger partial charge in [0.1, 0.15) is 6.10 Å². The van der Waals surface area contributed by atoms with Crippen molar-refractivity contribution in [1.82, 2.24) is 0 Å². The third kappa shape index (κ3) is 2.07. The standard InChI is InChI=1S/C17H16OS/c1-11-6-5-7-12(2)16(11)17(18)14-10-19-15-9-4-3-8-13(14)15/h3-10,17-18H,1-2H3. The van der Waals surface area contributed by atoms with Crippen molar-refractivity contribution >= 4 is 21.4 Å². The van der Waals surface area contributed by atoms with Gasteiger partial charge in [0.25, 0.3) is 0 Å². The van der Waals surface area contributed by atoms with E-state index in [1.54, 1.807) is 11.3 Å². The summed E-state index contributed by atoms with van der Waals surface area (Å²) >= 11 is 1.69. The zero-order valence-corrected chi connectivity index (χ0v) is 11.9. The molecule has 2 aromatic carbocycles. The van der Waals surface area contributed by atoms with Gasteiger partial charge in [0.05, 0.1) is 0 Å². The number of hydrogen-bond acceptors (Lipinski definition) is 2. The number of fused-ring (bicyclic) bond motifs is 1.